The second-order valence-electron chi connectivity index (χ2n) is 7.10. The van der Waals surface area contributed by atoms with Gasteiger partial charge in [-0.25, -0.2) is 4.98 Å². The molecule has 31 heavy (non-hydrogen) atoms. The van der Waals surface area contributed by atoms with Crippen LogP contribution in [0.25, 0.3) is 22.0 Å². The molecule has 4 aromatic rings. The van der Waals surface area contributed by atoms with Crippen molar-refractivity contribution in [3.63, 3.8) is 0 Å². The number of nitrogens with one attached hydrogen (secondary N) is 1. The molecule has 1 N–H and O–H groups in total. The van der Waals surface area contributed by atoms with Crippen LogP contribution in [0.15, 0.2) is 39.9 Å². The van der Waals surface area contributed by atoms with E-state index >= 15 is 0 Å². The van der Waals surface area contributed by atoms with Gasteiger partial charge in [0.1, 0.15) is 17.5 Å². The van der Waals surface area contributed by atoms with Gasteiger partial charge in [-0.15, -0.1) is 0 Å². The Balaban J connectivity index is 1.46. The molecular weight excluding hydrogens is 422 g/mol. The molecule has 0 bridgehead atoms. The van der Waals surface area contributed by atoms with Crippen LogP contribution in [0.4, 0.5) is 0 Å². The van der Waals surface area contributed by atoms with E-state index in [1.165, 1.54) is 10.9 Å². The van der Waals surface area contributed by atoms with E-state index in [9.17, 15) is 9.59 Å². The highest BCUT2D eigenvalue weighted by molar-refractivity contribution is 6.35. The third-order valence-corrected chi connectivity index (χ3v) is 5.41. The Kier molecular flexibility index (Phi) is 6.06. The van der Waals surface area contributed by atoms with E-state index in [0.29, 0.717) is 43.4 Å². The normalized spacial score (nSPS) is 11.5. The number of carbonyl (C=O) groups is 1. The molecule has 0 aliphatic heterocycles. The number of aromatic nitrogens is 4. The molecule has 10 heteroatoms. The smallest absolute Gasteiger partial charge is 0.265 e. The van der Waals surface area contributed by atoms with E-state index < -0.39 is 0 Å². The van der Waals surface area contributed by atoms with Crippen molar-refractivity contribution in [3.05, 3.63) is 57.4 Å². The van der Waals surface area contributed by atoms with Crippen LogP contribution in [0.5, 0.6) is 0 Å². The Bertz CT molecular complexity index is 1310. The van der Waals surface area contributed by atoms with Crippen molar-refractivity contribution in [2.45, 2.75) is 26.4 Å². The monoisotopic (exact) mass is 443 g/mol. The minimum absolute atomic E-state index is 0.154. The van der Waals surface area contributed by atoms with Gasteiger partial charge in [-0.2, -0.15) is 5.10 Å². The van der Waals surface area contributed by atoms with Crippen molar-refractivity contribution in [2.75, 3.05) is 20.3 Å². The molecule has 0 atom stereocenters. The lowest BCUT2D eigenvalue weighted by Gasteiger charge is -2.07. The summed E-state index contributed by atoms with van der Waals surface area (Å²) in [5.41, 5.74) is 0.985. The van der Waals surface area contributed by atoms with Crippen LogP contribution >= 0.6 is 11.6 Å². The maximum absolute atomic E-state index is 12.8. The van der Waals surface area contributed by atoms with Crippen molar-refractivity contribution < 1.29 is 13.9 Å². The van der Waals surface area contributed by atoms with Gasteiger partial charge in [0.2, 0.25) is 5.71 Å². The van der Waals surface area contributed by atoms with Gasteiger partial charge in [-0.3, -0.25) is 18.8 Å². The zero-order chi connectivity index (χ0) is 22.0. The number of methoxy groups -OCH3 is 1. The first-order valence-corrected chi connectivity index (χ1v) is 10.2. The molecule has 1 amide bonds. The van der Waals surface area contributed by atoms with Gasteiger partial charge in [-0.05, 0) is 25.5 Å². The second-order valence-corrected chi connectivity index (χ2v) is 7.51. The van der Waals surface area contributed by atoms with Crippen LogP contribution in [0, 0.1) is 6.92 Å². The van der Waals surface area contributed by atoms with Crippen molar-refractivity contribution in [2.24, 2.45) is 0 Å². The number of rotatable bonds is 8. The summed E-state index contributed by atoms with van der Waals surface area (Å²) in [4.78, 5) is 29.8. The van der Waals surface area contributed by atoms with Crippen LogP contribution in [0.2, 0.25) is 5.02 Å². The van der Waals surface area contributed by atoms with Crippen LogP contribution in [0.1, 0.15) is 22.5 Å². The minimum atomic E-state index is -0.368. The number of nitrogens with zero attached hydrogens (tertiary/aromatic N) is 4. The molecule has 0 fully saturated rings. The van der Waals surface area contributed by atoms with E-state index in [4.69, 9.17) is 20.8 Å². The summed E-state index contributed by atoms with van der Waals surface area (Å²) < 4.78 is 13.8. The predicted octanol–water partition coefficient (Wildman–Crippen LogP) is 2.77. The molecule has 0 aliphatic rings. The van der Waals surface area contributed by atoms with E-state index in [1.807, 2.05) is 22.9 Å². The lowest BCUT2D eigenvalue weighted by atomic mass is 10.1. The first-order valence-electron chi connectivity index (χ1n) is 9.87. The number of fused-ring (bicyclic) bond motifs is 2. The highest BCUT2D eigenvalue weighted by atomic mass is 35.5. The number of hydrogen-bond donors (Lipinski definition) is 1. The first kappa shape index (κ1) is 21.1. The molecule has 4 rings (SSSR count). The number of halogens is 1. The van der Waals surface area contributed by atoms with Crippen molar-refractivity contribution >= 4 is 39.5 Å². The number of furan rings is 1. The zero-order valence-corrected chi connectivity index (χ0v) is 18.0. The Labute approximate surface area is 182 Å². The second kappa shape index (κ2) is 8.91. The van der Waals surface area contributed by atoms with Gasteiger partial charge in [0.15, 0.2) is 0 Å². The number of hydrogen-bond acceptors (Lipinski definition) is 6. The number of amides is 1. The molecule has 0 saturated heterocycles. The van der Waals surface area contributed by atoms with Crippen molar-refractivity contribution in [1.82, 2.24) is 24.6 Å². The molecule has 1 aromatic carbocycles. The molecule has 0 saturated carbocycles. The predicted molar refractivity (Wildman–Crippen MR) is 117 cm³/mol. The summed E-state index contributed by atoms with van der Waals surface area (Å²) in [5.74, 6) is -0.0117. The van der Waals surface area contributed by atoms with Gasteiger partial charge in [0.25, 0.3) is 11.5 Å². The average Bonchev–Trinajstić information content (AvgIpc) is 3.32. The molecule has 0 spiro atoms. The quantitative estimate of drug-likeness (QED) is 0.420. The molecule has 3 aromatic heterocycles. The minimum Gasteiger partial charge on any atom is -0.442 e. The molecule has 0 unspecified atom stereocenters. The van der Waals surface area contributed by atoms with Gasteiger partial charge >= 0.3 is 0 Å². The Morgan fingerprint density at radius 3 is 2.97 bits per heavy atom. The highest BCUT2D eigenvalue weighted by Crippen LogP contribution is 2.23. The van der Waals surface area contributed by atoms with E-state index in [2.05, 4.69) is 15.4 Å². The molecular formula is C21H22ClN5O4. The average molecular weight is 444 g/mol. The van der Waals surface area contributed by atoms with Crippen LogP contribution in [-0.2, 0) is 17.8 Å². The first-order chi connectivity index (χ1) is 15.0. The Morgan fingerprint density at radius 2 is 2.16 bits per heavy atom. The summed E-state index contributed by atoms with van der Waals surface area (Å²) in [6.07, 6.45) is 3.79. The van der Waals surface area contributed by atoms with Gasteiger partial charge in [-0.1, -0.05) is 17.7 Å². The molecule has 162 valence electrons. The molecule has 3 heterocycles. The number of benzene rings is 1. The van der Waals surface area contributed by atoms with E-state index in [1.54, 1.807) is 20.2 Å². The fourth-order valence-corrected chi connectivity index (χ4v) is 3.74. The Morgan fingerprint density at radius 1 is 1.32 bits per heavy atom. The third kappa shape index (κ3) is 4.06. The number of ether oxygens (including phenoxy) is 1. The van der Waals surface area contributed by atoms with Crippen molar-refractivity contribution in [3.8, 4) is 0 Å². The molecule has 0 aliphatic carbocycles. The van der Waals surface area contributed by atoms with Gasteiger partial charge in [0.05, 0.1) is 35.5 Å². The number of carbonyl (C=O) groups excluding carboxylic acids is 1. The largest absolute Gasteiger partial charge is 0.442 e. The van der Waals surface area contributed by atoms with E-state index in [-0.39, 0.29) is 28.1 Å². The topological polar surface area (TPSA) is 104 Å². The van der Waals surface area contributed by atoms with Gasteiger partial charge in [0, 0.05) is 25.6 Å². The summed E-state index contributed by atoms with van der Waals surface area (Å²) in [7, 11) is 1.55. The highest BCUT2D eigenvalue weighted by Gasteiger charge is 2.22. The van der Waals surface area contributed by atoms with Gasteiger partial charge < -0.3 is 14.5 Å². The summed E-state index contributed by atoms with van der Waals surface area (Å²) in [6, 6.07) is 5.66. The third-order valence-electron chi connectivity index (χ3n) is 5.08. The van der Waals surface area contributed by atoms with E-state index in [0.717, 1.165) is 10.9 Å². The Hall–Kier alpha value is -3.17. The fourth-order valence-electron chi connectivity index (χ4n) is 3.53. The summed E-state index contributed by atoms with van der Waals surface area (Å²) in [5, 5.41) is 8.96. The maximum atomic E-state index is 12.8. The van der Waals surface area contributed by atoms with Crippen molar-refractivity contribution in [1.29, 1.82) is 0 Å². The van der Waals surface area contributed by atoms with Crippen LogP contribution < -0.4 is 10.9 Å². The van der Waals surface area contributed by atoms with Crippen LogP contribution in [0.3, 0.4) is 0 Å². The maximum Gasteiger partial charge on any atom is 0.265 e. The standard InChI is InChI=1S/C21H22ClN5O4/c1-13-17(18-20(31-13)24-12-26(21(18)29)9-10-30-2)19(28)23-7-4-8-27-16-6-3-5-15(22)14(16)11-25-27/h3,5-6,11-12H,4,7-10H2,1-2H3,(H,23,28). The lowest BCUT2D eigenvalue weighted by molar-refractivity contribution is 0.0952. The molecule has 9 nitrogen and oxygen atoms in total. The summed E-state index contributed by atoms with van der Waals surface area (Å²) in [6.45, 7) is 3.37. The zero-order valence-electron chi connectivity index (χ0n) is 17.2. The fraction of sp³-hybridized carbons (Fsp3) is 0.333. The number of aryl methyl sites for hydroxylation is 2. The van der Waals surface area contributed by atoms with Crippen LogP contribution in [-0.4, -0.2) is 45.5 Å². The molecule has 0 radical (unpaired) electrons. The SMILES string of the molecule is COCCn1cnc2oc(C)c(C(=O)NCCCn3ncc4c(Cl)cccc43)c2c1=O. The lowest BCUT2D eigenvalue weighted by Crippen LogP contribution is -2.28. The summed E-state index contributed by atoms with van der Waals surface area (Å²) >= 11 is 6.19.